The topological polar surface area (TPSA) is 88.5 Å². The van der Waals surface area contributed by atoms with Crippen LogP contribution >= 0.6 is 0 Å². The standard InChI is InChI=1S/C17H20N6O/c1-11(2)16-13(9-21-23(16)15-6-4-5-7-18-15)17(24)20-10-14-19-8-12(3)22-14/h4-9,11H,10H2,1-3H3,(H,19,22)(H,20,24). The molecule has 0 spiro atoms. The summed E-state index contributed by atoms with van der Waals surface area (Å²) in [4.78, 5) is 24.2. The highest BCUT2D eigenvalue weighted by Gasteiger charge is 2.21. The SMILES string of the molecule is Cc1cnc(CNC(=O)c2cnn(-c3ccccn3)c2C(C)C)[nH]1. The number of aromatic amines is 1. The van der Waals surface area contributed by atoms with Crippen LogP contribution in [0.15, 0.2) is 36.8 Å². The van der Waals surface area contributed by atoms with E-state index in [-0.39, 0.29) is 11.8 Å². The van der Waals surface area contributed by atoms with Gasteiger partial charge in [-0.3, -0.25) is 4.79 Å². The number of aryl methyl sites for hydroxylation is 1. The number of imidazole rings is 1. The Labute approximate surface area is 140 Å². The molecule has 3 aromatic rings. The van der Waals surface area contributed by atoms with Gasteiger partial charge in [-0.1, -0.05) is 19.9 Å². The highest BCUT2D eigenvalue weighted by molar-refractivity contribution is 5.95. The number of pyridine rings is 1. The van der Waals surface area contributed by atoms with E-state index in [0.29, 0.717) is 17.9 Å². The van der Waals surface area contributed by atoms with Crippen molar-refractivity contribution in [2.45, 2.75) is 33.2 Å². The molecule has 0 aliphatic heterocycles. The van der Waals surface area contributed by atoms with E-state index in [9.17, 15) is 4.79 Å². The van der Waals surface area contributed by atoms with Crippen molar-refractivity contribution in [1.82, 2.24) is 30.0 Å². The average Bonchev–Trinajstić information content (AvgIpc) is 3.19. The van der Waals surface area contributed by atoms with Crippen LogP contribution < -0.4 is 5.32 Å². The van der Waals surface area contributed by atoms with Crippen molar-refractivity contribution in [3.63, 3.8) is 0 Å². The highest BCUT2D eigenvalue weighted by atomic mass is 16.1. The first-order valence-electron chi connectivity index (χ1n) is 7.84. The van der Waals surface area contributed by atoms with Gasteiger partial charge in [-0.2, -0.15) is 5.10 Å². The number of amides is 1. The summed E-state index contributed by atoms with van der Waals surface area (Å²) < 4.78 is 1.72. The van der Waals surface area contributed by atoms with E-state index in [0.717, 1.165) is 17.2 Å². The smallest absolute Gasteiger partial charge is 0.255 e. The molecule has 1 amide bonds. The summed E-state index contributed by atoms with van der Waals surface area (Å²) in [6.07, 6.45) is 5.03. The first-order valence-corrected chi connectivity index (χ1v) is 7.84. The van der Waals surface area contributed by atoms with E-state index in [1.165, 1.54) is 0 Å². The molecule has 0 atom stereocenters. The first-order chi connectivity index (χ1) is 11.6. The third-order valence-corrected chi connectivity index (χ3v) is 3.64. The van der Waals surface area contributed by atoms with E-state index in [2.05, 4.69) is 25.4 Å². The molecule has 7 heteroatoms. The predicted octanol–water partition coefficient (Wildman–Crippen LogP) is 2.35. The molecular weight excluding hydrogens is 304 g/mol. The number of nitrogens with one attached hydrogen (secondary N) is 2. The Hall–Kier alpha value is -2.96. The fourth-order valence-corrected chi connectivity index (χ4v) is 2.57. The molecule has 0 unspecified atom stereocenters. The van der Waals surface area contributed by atoms with Crippen molar-refractivity contribution < 1.29 is 4.79 Å². The van der Waals surface area contributed by atoms with Gasteiger partial charge in [0.2, 0.25) is 0 Å². The van der Waals surface area contributed by atoms with Crippen LogP contribution in [0.25, 0.3) is 5.82 Å². The van der Waals surface area contributed by atoms with Crippen molar-refractivity contribution >= 4 is 5.91 Å². The Kier molecular flexibility index (Phi) is 4.41. The van der Waals surface area contributed by atoms with Crippen LogP contribution in [0.5, 0.6) is 0 Å². The normalized spacial score (nSPS) is 11.0. The number of carbonyl (C=O) groups excluding carboxylic acids is 1. The molecule has 0 aromatic carbocycles. The van der Waals surface area contributed by atoms with Crippen LogP contribution in [0.1, 0.15) is 47.3 Å². The summed E-state index contributed by atoms with van der Waals surface area (Å²) in [7, 11) is 0. The van der Waals surface area contributed by atoms with Crippen molar-refractivity contribution in [3.05, 3.63) is 59.6 Å². The molecule has 0 fully saturated rings. The molecule has 2 N–H and O–H groups in total. The van der Waals surface area contributed by atoms with Gasteiger partial charge in [0.25, 0.3) is 5.91 Å². The lowest BCUT2D eigenvalue weighted by Crippen LogP contribution is -2.24. The summed E-state index contributed by atoms with van der Waals surface area (Å²) >= 11 is 0. The summed E-state index contributed by atoms with van der Waals surface area (Å²) in [5, 5.41) is 7.24. The summed E-state index contributed by atoms with van der Waals surface area (Å²) in [6.45, 7) is 6.33. The minimum atomic E-state index is -0.171. The fraction of sp³-hybridized carbons (Fsp3) is 0.294. The number of nitrogens with zero attached hydrogens (tertiary/aromatic N) is 4. The van der Waals surface area contributed by atoms with Gasteiger partial charge in [-0.25, -0.2) is 14.6 Å². The van der Waals surface area contributed by atoms with E-state index in [4.69, 9.17) is 0 Å². The minimum absolute atomic E-state index is 0.126. The Morgan fingerprint density at radius 2 is 2.12 bits per heavy atom. The highest BCUT2D eigenvalue weighted by Crippen LogP contribution is 2.22. The quantitative estimate of drug-likeness (QED) is 0.754. The molecule has 3 aromatic heterocycles. The Morgan fingerprint density at radius 3 is 2.75 bits per heavy atom. The zero-order chi connectivity index (χ0) is 17.1. The van der Waals surface area contributed by atoms with E-state index in [1.54, 1.807) is 23.3 Å². The van der Waals surface area contributed by atoms with Gasteiger partial charge >= 0.3 is 0 Å². The number of hydrogen-bond acceptors (Lipinski definition) is 4. The maximum atomic E-state index is 12.6. The first kappa shape index (κ1) is 15.9. The Balaban J connectivity index is 1.85. The maximum absolute atomic E-state index is 12.6. The molecule has 0 bridgehead atoms. The second-order valence-electron chi connectivity index (χ2n) is 5.89. The number of carbonyl (C=O) groups is 1. The summed E-state index contributed by atoms with van der Waals surface area (Å²) in [5.74, 6) is 1.38. The zero-order valence-corrected chi connectivity index (χ0v) is 13.9. The average molecular weight is 324 g/mol. The second kappa shape index (κ2) is 6.66. The molecule has 0 radical (unpaired) electrons. The molecule has 124 valence electrons. The van der Waals surface area contributed by atoms with Crippen LogP contribution in [0, 0.1) is 6.92 Å². The molecule has 0 aliphatic carbocycles. The molecule has 3 rings (SSSR count). The zero-order valence-electron chi connectivity index (χ0n) is 13.9. The van der Waals surface area contributed by atoms with Crippen LogP contribution in [-0.2, 0) is 6.54 Å². The van der Waals surface area contributed by atoms with E-state index >= 15 is 0 Å². The third-order valence-electron chi connectivity index (χ3n) is 3.64. The monoisotopic (exact) mass is 324 g/mol. The van der Waals surface area contributed by atoms with Crippen molar-refractivity contribution in [2.75, 3.05) is 0 Å². The van der Waals surface area contributed by atoms with Crippen LogP contribution in [0.4, 0.5) is 0 Å². The third kappa shape index (κ3) is 3.19. The molecule has 0 saturated carbocycles. The molecule has 7 nitrogen and oxygen atoms in total. The largest absolute Gasteiger partial charge is 0.345 e. The number of H-pyrrole nitrogens is 1. The van der Waals surface area contributed by atoms with Gasteiger partial charge in [-0.15, -0.1) is 0 Å². The van der Waals surface area contributed by atoms with Crippen molar-refractivity contribution in [1.29, 1.82) is 0 Å². The molecular formula is C17H20N6O. The lowest BCUT2D eigenvalue weighted by molar-refractivity contribution is 0.0948. The number of hydrogen-bond donors (Lipinski definition) is 2. The molecule has 0 saturated heterocycles. The van der Waals surface area contributed by atoms with Crippen molar-refractivity contribution in [2.24, 2.45) is 0 Å². The van der Waals surface area contributed by atoms with E-state index in [1.807, 2.05) is 39.0 Å². The number of aromatic nitrogens is 5. The van der Waals surface area contributed by atoms with Gasteiger partial charge in [0.05, 0.1) is 24.0 Å². The van der Waals surface area contributed by atoms with Gasteiger partial charge < -0.3 is 10.3 Å². The van der Waals surface area contributed by atoms with Gasteiger partial charge in [0, 0.05) is 18.1 Å². The maximum Gasteiger partial charge on any atom is 0.255 e. The summed E-state index contributed by atoms with van der Waals surface area (Å²) in [5.41, 5.74) is 2.35. The molecule has 24 heavy (non-hydrogen) atoms. The number of rotatable bonds is 5. The lowest BCUT2D eigenvalue weighted by Gasteiger charge is -2.12. The fourth-order valence-electron chi connectivity index (χ4n) is 2.57. The predicted molar refractivity (Wildman–Crippen MR) is 89.9 cm³/mol. The lowest BCUT2D eigenvalue weighted by atomic mass is 10.1. The molecule has 0 aliphatic rings. The Bertz CT molecular complexity index is 834. The van der Waals surface area contributed by atoms with Gasteiger partial charge in [0.1, 0.15) is 5.82 Å². The van der Waals surface area contributed by atoms with Crippen LogP contribution in [0.2, 0.25) is 0 Å². The summed E-state index contributed by atoms with van der Waals surface area (Å²) in [6, 6.07) is 5.61. The van der Waals surface area contributed by atoms with E-state index < -0.39 is 0 Å². The van der Waals surface area contributed by atoms with Crippen LogP contribution in [0.3, 0.4) is 0 Å². The molecule has 3 heterocycles. The minimum Gasteiger partial charge on any atom is -0.345 e. The Morgan fingerprint density at radius 1 is 1.29 bits per heavy atom. The van der Waals surface area contributed by atoms with Crippen molar-refractivity contribution in [3.8, 4) is 5.82 Å². The second-order valence-corrected chi connectivity index (χ2v) is 5.89. The van der Waals surface area contributed by atoms with Gasteiger partial charge in [0.15, 0.2) is 5.82 Å². The van der Waals surface area contributed by atoms with Crippen LogP contribution in [-0.4, -0.2) is 30.6 Å². The van der Waals surface area contributed by atoms with Gasteiger partial charge in [-0.05, 0) is 25.0 Å².